The number of hydrogen-bond acceptors (Lipinski definition) is 2. The van der Waals surface area contributed by atoms with E-state index in [0.29, 0.717) is 6.54 Å². The van der Waals surface area contributed by atoms with Crippen LogP contribution in [0.4, 0.5) is 13.2 Å². The molecule has 1 amide bonds. The highest BCUT2D eigenvalue weighted by Gasteiger charge is 2.42. The highest BCUT2D eigenvalue weighted by atomic mass is 35.5. The Balaban J connectivity index is 0.00000180. The second kappa shape index (κ2) is 6.79. The van der Waals surface area contributed by atoms with Gasteiger partial charge in [0.05, 0.1) is 11.8 Å². The summed E-state index contributed by atoms with van der Waals surface area (Å²) in [5.41, 5.74) is 0. The van der Waals surface area contributed by atoms with Gasteiger partial charge in [-0.05, 0) is 32.2 Å². The normalized spacial score (nSPS) is 25.8. The molecule has 2 aliphatic heterocycles. The van der Waals surface area contributed by atoms with Crippen molar-refractivity contribution in [1.82, 2.24) is 10.2 Å². The van der Waals surface area contributed by atoms with Gasteiger partial charge in [0.15, 0.2) is 0 Å². The number of amides is 1. The third kappa shape index (κ3) is 4.24. The number of nitrogens with one attached hydrogen (secondary N) is 1. The van der Waals surface area contributed by atoms with E-state index in [-0.39, 0.29) is 50.2 Å². The van der Waals surface area contributed by atoms with Gasteiger partial charge >= 0.3 is 6.18 Å². The Bertz CT molecular complexity index is 298. The molecule has 2 aliphatic rings. The minimum Gasteiger partial charge on any atom is -0.342 e. The molecule has 1 N–H and O–H groups in total. The SMILES string of the molecule is Cl.O=C(C1CCCNC1)N1CCC(C(F)(F)F)CC1. The molecule has 2 heterocycles. The van der Waals surface area contributed by atoms with E-state index in [2.05, 4.69) is 5.32 Å². The van der Waals surface area contributed by atoms with Gasteiger partial charge in [-0.15, -0.1) is 12.4 Å². The van der Waals surface area contributed by atoms with E-state index in [0.717, 1.165) is 19.4 Å². The van der Waals surface area contributed by atoms with Crippen molar-refractivity contribution in [3.05, 3.63) is 0 Å². The lowest BCUT2D eigenvalue weighted by Gasteiger charge is -2.35. The molecule has 19 heavy (non-hydrogen) atoms. The van der Waals surface area contributed by atoms with Gasteiger partial charge in [0.1, 0.15) is 0 Å². The lowest BCUT2D eigenvalue weighted by atomic mass is 9.93. The maximum absolute atomic E-state index is 12.5. The average Bonchev–Trinajstić information content (AvgIpc) is 2.38. The molecular weight excluding hydrogens is 281 g/mol. The molecule has 0 spiro atoms. The number of carbonyl (C=O) groups is 1. The van der Waals surface area contributed by atoms with Crippen LogP contribution in [0.3, 0.4) is 0 Å². The maximum Gasteiger partial charge on any atom is 0.391 e. The first kappa shape index (κ1) is 16.6. The fourth-order valence-electron chi connectivity index (χ4n) is 2.75. The van der Waals surface area contributed by atoms with Crippen molar-refractivity contribution in [1.29, 1.82) is 0 Å². The third-order valence-corrected chi connectivity index (χ3v) is 3.92. The molecule has 7 heteroatoms. The Hall–Kier alpha value is -0.490. The van der Waals surface area contributed by atoms with Crippen LogP contribution in [-0.4, -0.2) is 43.2 Å². The van der Waals surface area contributed by atoms with Crippen molar-refractivity contribution in [3.8, 4) is 0 Å². The summed E-state index contributed by atoms with van der Waals surface area (Å²) < 4.78 is 37.5. The first-order chi connectivity index (χ1) is 8.48. The molecule has 0 bridgehead atoms. The molecule has 3 nitrogen and oxygen atoms in total. The lowest BCUT2D eigenvalue weighted by molar-refractivity contribution is -0.187. The van der Waals surface area contributed by atoms with Crippen LogP contribution in [0.25, 0.3) is 0 Å². The number of nitrogens with zero attached hydrogens (tertiary/aromatic N) is 1. The third-order valence-electron chi connectivity index (χ3n) is 3.92. The Kier molecular flexibility index (Phi) is 5.92. The van der Waals surface area contributed by atoms with Gasteiger partial charge in [-0.2, -0.15) is 13.2 Å². The van der Waals surface area contributed by atoms with E-state index >= 15 is 0 Å². The lowest BCUT2D eigenvalue weighted by Crippen LogP contribution is -2.47. The number of halogens is 4. The van der Waals surface area contributed by atoms with Crippen LogP contribution in [-0.2, 0) is 4.79 Å². The monoisotopic (exact) mass is 300 g/mol. The molecular formula is C12H20ClF3N2O. The standard InChI is InChI=1S/C12H19F3N2O.ClH/c13-12(14,15)10-3-6-17(7-4-10)11(18)9-2-1-5-16-8-9;/h9-10,16H,1-8H2;1H. The molecule has 0 aromatic heterocycles. The summed E-state index contributed by atoms with van der Waals surface area (Å²) in [4.78, 5) is 13.7. The zero-order chi connectivity index (χ0) is 13.2. The molecule has 2 rings (SSSR count). The maximum atomic E-state index is 12.5. The van der Waals surface area contributed by atoms with E-state index in [1.807, 2.05) is 0 Å². The van der Waals surface area contributed by atoms with Crippen LogP contribution in [0.2, 0.25) is 0 Å². The first-order valence-corrected chi connectivity index (χ1v) is 6.54. The highest BCUT2D eigenvalue weighted by molar-refractivity contribution is 5.85. The second-order valence-corrected chi connectivity index (χ2v) is 5.18. The predicted octanol–water partition coefficient (Wildman–Crippen LogP) is 2.21. The van der Waals surface area contributed by atoms with Crippen LogP contribution >= 0.6 is 12.4 Å². The fraction of sp³-hybridized carbons (Fsp3) is 0.917. The van der Waals surface area contributed by atoms with Crippen molar-refractivity contribution >= 4 is 18.3 Å². The van der Waals surface area contributed by atoms with E-state index in [9.17, 15) is 18.0 Å². The average molecular weight is 301 g/mol. The Morgan fingerprint density at radius 3 is 2.26 bits per heavy atom. The molecule has 1 atom stereocenters. The quantitative estimate of drug-likeness (QED) is 0.805. The molecule has 0 aliphatic carbocycles. The van der Waals surface area contributed by atoms with Gasteiger partial charge in [-0.25, -0.2) is 0 Å². The summed E-state index contributed by atoms with van der Waals surface area (Å²) >= 11 is 0. The topological polar surface area (TPSA) is 32.3 Å². The summed E-state index contributed by atoms with van der Waals surface area (Å²) in [6.07, 6.45) is -2.19. The van der Waals surface area contributed by atoms with Crippen LogP contribution in [0.1, 0.15) is 25.7 Å². The van der Waals surface area contributed by atoms with E-state index in [4.69, 9.17) is 0 Å². The summed E-state index contributed by atoms with van der Waals surface area (Å²) in [6.45, 7) is 2.09. The van der Waals surface area contributed by atoms with Gasteiger partial charge in [-0.3, -0.25) is 4.79 Å². The smallest absolute Gasteiger partial charge is 0.342 e. The number of piperidine rings is 2. The van der Waals surface area contributed by atoms with E-state index in [1.54, 1.807) is 4.90 Å². The molecule has 0 aromatic carbocycles. The van der Waals surface area contributed by atoms with Crippen molar-refractivity contribution in [3.63, 3.8) is 0 Å². The van der Waals surface area contributed by atoms with Crippen molar-refractivity contribution in [2.45, 2.75) is 31.9 Å². The van der Waals surface area contributed by atoms with Gasteiger partial charge in [0.2, 0.25) is 5.91 Å². The second-order valence-electron chi connectivity index (χ2n) is 5.18. The van der Waals surface area contributed by atoms with Crippen LogP contribution in [0.15, 0.2) is 0 Å². The van der Waals surface area contributed by atoms with E-state index < -0.39 is 12.1 Å². The summed E-state index contributed by atoms with van der Waals surface area (Å²) in [5.74, 6) is -1.24. The predicted molar refractivity (Wildman–Crippen MR) is 68.2 cm³/mol. The minimum absolute atomic E-state index is 0. The van der Waals surface area contributed by atoms with Crippen LogP contribution in [0.5, 0.6) is 0 Å². The molecule has 0 aromatic rings. The highest BCUT2D eigenvalue weighted by Crippen LogP contribution is 2.34. The van der Waals surface area contributed by atoms with Crippen molar-refractivity contribution in [2.75, 3.05) is 26.2 Å². The molecule has 1 unspecified atom stereocenters. The number of rotatable bonds is 1. The first-order valence-electron chi connectivity index (χ1n) is 6.54. The van der Waals surface area contributed by atoms with Gasteiger partial charge < -0.3 is 10.2 Å². The summed E-state index contributed by atoms with van der Waals surface area (Å²) in [5, 5.41) is 3.16. The minimum atomic E-state index is -4.11. The summed E-state index contributed by atoms with van der Waals surface area (Å²) in [6, 6.07) is 0. The van der Waals surface area contributed by atoms with Crippen LogP contribution < -0.4 is 5.32 Å². The fourth-order valence-corrected chi connectivity index (χ4v) is 2.75. The van der Waals surface area contributed by atoms with E-state index in [1.165, 1.54) is 0 Å². The Labute approximate surface area is 117 Å². The molecule has 2 saturated heterocycles. The Morgan fingerprint density at radius 1 is 1.16 bits per heavy atom. The zero-order valence-corrected chi connectivity index (χ0v) is 11.5. The number of carbonyl (C=O) groups excluding carboxylic acids is 1. The molecule has 112 valence electrons. The van der Waals surface area contributed by atoms with Gasteiger partial charge in [-0.1, -0.05) is 0 Å². The number of alkyl halides is 3. The molecule has 0 saturated carbocycles. The van der Waals surface area contributed by atoms with Crippen LogP contribution in [0, 0.1) is 11.8 Å². The van der Waals surface area contributed by atoms with Gasteiger partial charge in [0.25, 0.3) is 0 Å². The molecule has 2 fully saturated rings. The van der Waals surface area contributed by atoms with Gasteiger partial charge in [0, 0.05) is 19.6 Å². The molecule has 0 radical (unpaired) electrons. The summed E-state index contributed by atoms with van der Waals surface area (Å²) in [7, 11) is 0. The largest absolute Gasteiger partial charge is 0.391 e. The number of likely N-dealkylation sites (tertiary alicyclic amines) is 1. The Morgan fingerprint density at radius 2 is 1.79 bits per heavy atom. The van der Waals surface area contributed by atoms with Crippen molar-refractivity contribution in [2.24, 2.45) is 11.8 Å². The van der Waals surface area contributed by atoms with Crippen molar-refractivity contribution < 1.29 is 18.0 Å². The number of hydrogen-bond donors (Lipinski definition) is 1. The zero-order valence-electron chi connectivity index (χ0n) is 10.7.